The van der Waals surface area contributed by atoms with Gasteiger partial charge in [0.2, 0.25) is 5.91 Å². The number of pyridine rings is 1. The van der Waals surface area contributed by atoms with Crippen molar-refractivity contribution in [2.24, 2.45) is 0 Å². The molecule has 0 aliphatic carbocycles. The van der Waals surface area contributed by atoms with Gasteiger partial charge >= 0.3 is 0 Å². The van der Waals surface area contributed by atoms with Crippen LogP contribution in [0.1, 0.15) is 12.6 Å². The summed E-state index contributed by atoms with van der Waals surface area (Å²) in [6.45, 7) is 4.68. The Morgan fingerprint density at radius 3 is 2.89 bits per heavy atom. The molecule has 4 N–H and O–H groups in total. The second-order valence-electron chi connectivity index (χ2n) is 4.39. The van der Waals surface area contributed by atoms with Crippen molar-refractivity contribution in [2.45, 2.75) is 13.8 Å². The van der Waals surface area contributed by atoms with Gasteiger partial charge in [-0.05, 0) is 38.1 Å². The quantitative estimate of drug-likeness (QED) is 0.729. The monoisotopic (exact) mass is 258 g/mol. The van der Waals surface area contributed by atoms with Gasteiger partial charge in [-0.1, -0.05) is 0 Å². The average molecular weight is 258 g/mol. The fourth-order valence-electron chi connectivity index (χ4n) is 1.96. The molecule has 2 rings (SSSR count). The lowest BCUT2D eigenvalue weighted by atomic mass is 10.1. The van der Waals surface area contributed by atoms with Gasteiger partial charge in [-0.15, -0.1) is 0 Å². The number of anilines is 2. The van der Waals surface area contributed by atoms with Gasteiger partial charge in [-0.3, -0.25) is 9.78 Å². The van der Waals surface area contributed by atoms with Crippen molar-refractivity contribution in [3.05, 3.63) is 30.0 Å². The Hall–Kier alpha value is -2.30. The van der Waals surface area contributed by atoms with Crippen molar-refractivity contribution in [3.63, 3.8) is 0 Å². The third-order valence-corrected chi connectivity index (χ3v) is 2.77. The number of amides is 1. The lowest BCUT2D eigenvalue weighted by Gasteiger charge is -2.11. The van der Waals surface area contributed by atoms with Gasteiger partial charge in [-0.25, -0.2) is 0 Å². The molecular weight excluding hydrogens is 240 g/mol. The lowest BCUT2D eigenvalue weighted by molar-refractivity contribution is -0.119. The van der Waals surface area contributed by atoms with E-state index in [4.69, 9.17) is 5.73 Å². The van der Waals surface area contributed by atoms with E-state index in [1.54, 1.807) is 0 Å². The zero-order chi connectivity index (χ0) is 13.8. The Morgan fingerprint density at radius 1 is 1.37 bits per heavy atom. The van der Waals surface area contributed by atoms with Crippen LogP contribution >= 0.6 is 0 Å². The summed E-state index contributed by atoms with van der Waals surface area (Å²) < 4.78 is 0. The molecule has 1 heterocycles. The first-order chi connectivity index (χ1) is 9.10. The molecule has 0 saturated carbocycles. The molecule has 0 aliphatic rings. The summed E-state index contributed by atoms with van der Waals surface area (Å²) >= 11 is 0. The molecule has 19 heavy (non-hydrogen) atoms. The number of benzene rings is 1. The van der Waals surface area contributed by atoms with Gasteiger partial charge in [0.15, 0.2) is 0 Å². The SMILES string of the molecule is CCNC(=O)CNc1cc(C)nc2ccc(N)cc12. The topological polar surface area (TPSA) is 80.0 Å². The summed E-state index contributed by atoms with van der Waals surface area (Å²) in [7, 11) is 0. The summed E-state index contributed by atoms with van der Waals surface area (Å²) in [4.78, 5) is 15.9. The molecule has 0 aliphatic heterocycles. The number of hydrogen-bond donors (Lipinski definition) is 3. The molecule has 0 spiro atoms. The minimum absolute atomic E-state index is 0.0333. The Labute approximate surface area is 112 Å². The maximum absolute atomic E-state index is 11.5. The normalized spacial score (nSPS) is 10.4. The van der Waals surface area contributed by atoms with Crippen LogP contribution in [0.25, 0.3) is 10.9 Å². The Bertz CT molecular complexity index is 610. The van der Waals surface area contributed by atoms with Gasteiger partial charge in [0, 0.05) is 29.0 Å². The van der Waals surface area contributed by atoms with Crippen molar-refractivity contribution in [2.75, 3.05) is 24.1 Å². The van der Waals surface area contributed by atoms with Crippen LogP contribution < -0.4 is 16.4 Å². The van der Waals surface area contributed by atoms with E-state index in [1.165, 1.54) is 0 Å². The molecule has 0 bridgehead atoms. The van der Waals surface area contributed by atoms with Gasteiger partial charge < -0.3 is 16.4 Å². The number of fused-ring (bicyclic) bond motifs is 1. The molecule has 5 heteroatoms. The summed E-state index contributed by atoms with van der Waals surface area (Å²) in [5, 5.41) is 6.81. The summed E-state index contributed by atoms with van der Waals surface area (Å²) in [5.41, 5.74) is 9.12. The van der Waals surface area contributed by atoms with Crippen molar-refractivity contribution in [1.29, 1.82) is 0 Å². The standard InChI is InChI=1S/C14H18N4O/c1-3-16-14(19)8-17-13-6-9(2)18-12-5-4-10(15)7-11(12)13/h4-7H,3,8,15H2,1-2H3,(H,16,19)(H,17,18). The second kappa shape index (κ2) is 5.56. The fraction of sp³-hybridized carbons (Fsp3) is 0.286. The smallest absolute Gasteiger partial charge is 0.239 e. The van der Waals surface area contributed by atoms with E-state index in [9.17, 15) is 4.79 Å². The molecule has 1 aromatic heterocycles. The minimum Gasteiger partial charge on any atom is -0.399 e. The van der Waals surface area contributed by atoms with E-state index in [-0.39, 0.29) is 12.5 Å². The van der Waals surface area contributed by atoms with Gasteiger partial charge in [0.1, 0.15) is 0 Å². The van der Waals surface area contributed by atoms with Crippen molar-refractivity contribution in [3.8, 4) is 0 Å². The van der Waals surface area contributed by atoms with Crippen molar-refractivity contribution < 1.29 is 4.79 Å². The summed E-state index contributed by atoms with van der Waals surface area (Å²) in [6, 6.07) is 7.49. The van der Waals surface area contributed by atoms with E-state index in [0.29, 0.717) is 12.2 Å². The third-order valence-electron chi connectivity index (χ3n) is 2.77. The van der Waals surface area contributed by atoms with Crippen molar-refractivity contribution >= 4 is 28.2 Å². The predicted octanol–water partition coefficient (Wildman–Crippen LogP) is 1.67. The number of nitrogens with zero attached hydrogens (tertiary/aromatic N) is 1. The first-order valence-corrected chi connectivity index (χ1v) is 6.27. The van der Waals surface area contributed by atoms with Crippen LogP contribution in [0, 0.1) is 6.92 Å². The number of aromatic nitrogens is 1. The highest BCUT2D eigenvalue weighted by Gasteiger charge is 2.06. The number of likely N-dealkylation sites (N-methyl/N-ethyl adjacent to an activating group) is 1. The van der Waals surface area contributed by atoms with Crippen LogP contribution in [0.4, 0.5) is 11.4 Å². The molecule has 0 atom stereocenters. The number of nitrogens with two attached hydrogens (primary N) is 1. The number of carbonyl (C=O) groups is 1. The molecule has 0 unspecified atom stereocenters. The number of rotatable bonds is 4. The Kier molecular flexibility index (Phi) is 3.85. The van der Waals surface area contributed by atoms with Gasteiger partial charge in [0.25, 0.3) is 0 Å². The number of aryl methyl sites for hydroxylation is 1. The van der Waals surface area contributed by atoms with E-state index >= 15 is 0 Å². The second-order valence-corrected chi connectivity index (χ2v) is 4.39. The van der Waals surface area contributed by atoms with Crippen LogP contribution in [0.2, 0.25) is 0 Å². The Morgan fingerprint density at radius 2 is 2.16 bits per heavy atom. The maximum atomic E-state index is 11.5. The van der Waals surface area contributed by atoms with Gasteiger partial charge in [0.05, 0.1) is 12.1 Å². The fourth-order valence-corrected chi connectivity index (χ4v) is 1.96. The van der Waals surface area contributed by atoms with Gasteiger partial charge in [-0.2, -0.15) is 0 Å². The predicted molar refractivity (Wildman–Crippen MR) is 78.1 cm³/mol. The van der Waals surface area contributed by atoms with Crippen LogP contribution in [-0.4, -0.2) is 24.0 Å². The molecule has 100 valence electrons. The molecule has 0 fully saturated rings. The first-order valence-electron chi connectivity index (χ1n) is 6.27. The van der Waals surface area contributed by atoms with E-state index in [1.807, 2.05) is 38.1 Å². The average Bonchev–Trinajstić information content (AvgIpc) is 2.37. The first kappa shape index (κ1) is 13.1. The van der Waals surface area contributed by atoms with Crippen LogP contribution in [0.3, 0.4) is 0 Å². The molecule has 1 aromatic carbocycles. The molecular formula is C14H18N4O. The van der Waals surface area contributed by atoms with E-state index < -0.39 is 0 Å². The third kappa shape index (κ3) is 3.13. The highest BCUT2D eigenvalue weighted by molar-refractivity contribution is 5.94. The zero-order valence-electron chi connectivity index (χ0n) is 11.2. The molecule has 2 aromatic rings. The number of nitrogens with one attached hydrogen (secondary N) is 2. The lowest BCUT2D eigenvalue weighted by Crippen LogP contribution is -2.29. The number of carbonyl (C=O) groups excluding carboxylic acids is 1. The van der Waals surface area contributed by atoms with Crippen molar-refractivity contribution in [1.82, 2.24) is 10.3 Å². The largest absolute Gasteiger partial charge is 0.399 e. The summed E-state index contributed by atoms with van der Waals surface area (Å²) in [5.74, 6) is -0.0333. The van der Waals surface area contributed by atoms with Crippen LogP contribution in [0.5, 0.6) is 0 Å². The highest BCUT2D eigenvalue weighted by Crippen LogP contribution is 2.25. The minimum atomic E-state index is -0.0333. The molecule has 0 saturated heterocycles. The van der Waals surface area contributed by atoms with Crippen LogP contribution in [0.15, 0.2) is 24.3 Å². The van der Waals surface area contributed by atoms with E-state index in [2.05, 4.69) is 15.6 Å². The maximum Gasteiger partial charge on any atom is 0.239 e. The molecule has 0 radical (unpaired) electrons. The highest BCUT2D eigenvalue weighted by atomic mass is 16.1. The number of nitrogen functional groups attached to an aromatic ring is 1. The van der Waals surface area contributed by atoms with Crippen LogP contribution in [-0.2, 0) is 4.79 Å². The molecule has 5 nitrogen and oxygen atoms in total. The Balaban J connectivity index is 2.30. The number of hydrogen-bond acceptors (Lipinski definition) is 4. The molecule has 1 amide bonds. The van der Waals surface area contributed by atoms with E-state index in [0.717, 1.165) is 22.3 Å². The summed E-state index contributed by atoms with van der Waals surface area (Å²) in [6.07, 6.45) is 0. The zero-order valence-corrected chi connectivity index (χ0v) is 11.2.